The summed E-state index contributed by atoms with van der Waals surface area (Å²) < 4.78 is 0. The molecule has 1 heterocycles. The van der Waals surface area contributed by atoms with Crippen molar-refractivity contribution >= 4 is 28.6 Å². The van der Waals surface area contributed by atoms with Gasteiger partial charge in [0.05, 0.1) is 0 Å². The van der Waals surface area contributed by atoms with Crippen LogP contribution in [0.4, 0.5) is 0 Å². The van der Waals surface area contributed by atoms with Crippen LogP contribution < -0.4 is 0 Å². The van der Waals surface area contributed by atoms with Crippen molar-refractivity contribution in [2.24, 2.45) is 0 Å². The average Bonchev–Trinajstić information content (AvgIpc) is 3.10. The lowest BCUT2D eigenvalue weighted by Crippen LogP contribution is -2.45. The molecule has 1 aliphatic heterocycles. The minimum absolute atomic E-state index is 0.393. The molecule has 5 nitrogen and oxygen atoms in total. The lowest BCUT2D eigenvalue weighted by molar-refractivity contribution is -0.141. The predicted molar refractivity (Wildman–Crippen MR) is 98.7 cm³/mol. The zero-order chi connectivity index (χ0) is 18.7. The molecular weight excluding hydrogens is 342 g/mol. The van der Waals surface area contributed by atoms with E-state index in [9.17, 15) is 19.5 Å². The number of hydrogen-bond acceptors (Lipinski definition) is 3. The molecule has 5 rings (SSSR count). The van der Waals surface area contributed by atoms with Crippen molar-refractivity contribution in [2.75, 3.05) is 0 Å². The molecule has 0 spiro atoms. The second-order valence-corrected chi connectivity index (χ2v) is 6.93. The van der Waals surface area contributed by atoms with Gasteiger partial charge in [0, 0.05) is 16.5 Å². The van der Waals surface area contributed by atoms with Gasteiger partial charge in [0.25, 0.3) is 11.8 Å². The highest BCUT2D eigenvalue weighted by molar-refractivity contribution is 6.27. The summed E-state index contributed by atoms with van der Waals surface area (Å²) in [7, 11) is 0. The number of hydrogen-bond donors (Lipinski definition) is 1. The Hall–Kier alpha value is -3.47. The number of carbonyl (C=O) groups is 3. The highest BCUT2D eigenvalue weighted by atomic mass is 16.4. The summed E-state index contributed by atoms with van der Waals surface area (Å²) in [5, 5.41) is 11.5. The van der Waals surface area contributed by atoms with Crippen LogP contribution in [0.15, 0.2) is 54.6 Å². The second-order valence-electron chi connectivity index (χ2n) is 6.93. The molecule has 0 saturated carbocycles. The number of nitrogens with zero attached hydrogens (tertiary/aromatic N) is 1. The van der Waals surface area contributed by atoms with Crippen LogP contribution in [0.25, 0.3) is 10.8 Å². The normalized spacial score (nSPS) is 16.1. The molecule has 132 valence electrons. The molecule has 5 heteroatoms. The Morgan fingerprint density at radius 2 is 1.37 bits per heavy atom. The first kappa shape index (κ1) is 15.8. The molecule has 0 fully saturated rings. The Bertz CT molecular complexity index is 1090. The number of carboxylic acids is 1. The van der Waals surface area contributed by atoms with Gasteiger partial charge in [0.1, 0.15) is 0 Å². The molecule has 3 aromatic rings. The first-order valence-corrected chi connectivity index (χ1v) is 8.81. The summed E-state index contributed by atoms with van der Waals surface area (Å²) in [6.45, 7) is 0. The molecule has 1 unspecified atom stereocenters. The maximum atomic E-state index is 13.2. The maximum absolute atomic E-state index is 13.2. The van der Waals surface area contributed by atoms with Crippen LogP contribution in [0.3, 0.4) is 0 Å². The molecule has 0 radical (unpaired) electrons. The van der Waals surface area contributed by atoms with Crippen molar-refractivity contribution in [3.63, 3.8) is 0 Å². The van der Waals surface area contributed by atoms with E-state index in [0.29, 0.717) is 22.1 Å². The standard InChI is InChI=1S/C22H15NO4/c24-20-15-10-8-12-6-7-13-9-11-16(18(15)17(12)13)21(25)23(20)19(22(26)27)14-4-2-1-3-5-14/h1-5,8-11,19H,6-7H2,(H,26,27). The number of rotatable bonds is 3. The molecule has 0 aromatic heterocycles. The molecule has 2 aliphatic rings. The van der Waals surface area contributed by atoms with Gasteiger partial charge in [-0.3, -0.25) is 14.5 Å². The van der Waals surface area contributed by atoms with Crippen LogP contribution in [0.1, 0.15) is 43.4 Å². The van der Waals surface area contributed by atoms with E-state index in [1.807, 2.05) is 12.1 Å². The number of aliphatic carboxylic acids is 1. The number of aryl methyl sites for hydroxylation is 2. The first-order chi connectivity index (χ1) is 13.1. The maximum Gasteiger partial charge on any atom is 0.331 e. The van der Waals surface area contributed by atoms with Gasteiger partial charge in [-0.15, -0.1) is 0 Å². The minimum Gasteiger partial charge on any atom is -0.479 e. The van der Waals surface area contributed by atoms with Gasteiger partial charge in [-0.25, -0.2) is 4.79 Å². The van der Waals surface area contributed by atoms with E-state index in [4.69, 9.17) is 0 Å². The van der Waals surface area contributed by atoms with Crippen LogP contribution in [0.2, 0.25) is 0 Å². The smallest absolute Gasteiger partial charge is 0.331 e. The van der Waals surface area contributed by atoms with Gasteiger partial charge < -0.3 is 5.11 Å². The van der Waals surface area contributed by atoms with E-state index in [1.165, 1.54) is 0 Å². The van der Waals surface area contributed by atoms with Crippen molar-refractivity contribution in [1.29, 1.82) is 0 Å². The van der Waals surface area contributed by atoms with E-state index in [-0.39, 0.29) is 0 Å². The summed E-state index contributed by atoms with van der Waals surface area (Å²) in [4.78, 5) is 39.3. The number of amides is 2. The third kappa shape index (κ3) is 2.08. The number of carboxylic acid groups (broad SMARTS) is 1. The van der Waals surface area contributed by atoms with Gasteiger partial charge in [0.15, 0.2) is 6.04 Å². The average molecular weight is 357 g/mol. The monoisotopic (exact) mass is 357 g/mol. The van der Waals surface area contributed by atoms with E-state index in [1.54, 1.807) is 42.5 Å². The largest absolute Gasteiger partial charge is 0.479 e. The zero-order valence-corrected chi connectivity index (χ0v) is 14.3. The van der Waals surface area contributed by atoms with E-state index in [0.717, 1.165) is 34.3 Å². The van der Waals surface area contributed by atoms with Crippen molar-refractivity contribution in [2.45, 2.75) is 18.9 Å². The highest BCUT2D eigenvalue weighted by Crippen LogP contribution is 2.40. The van der Waals surface area contributed by atoms with Crippen molar-refractivity contribution in [3.8, 4) is 0 Å². The third-order valence-corrected chi connectivity index (χ3v) is 5.50. The Morgan fingerprint density at radius 1 is 0.815 bits per heavy atom. The van der Waals surface area contributed by atoms with Crippen molar-refractivity contribution < 1.29 is 19.5 Å². The fraction of sp³-hybridized carbons (Fsp3) is 0.136. The van der Waals surface area contributed by atoms with Gasteiger partial charge in [-0.2, -0.15) is 0 Å². The fourth-order valence-electron chi connectivity index (χ4n) is 4.31. The molecule has 0 bridgehead atoms. The summed E-state index contributed by atoms with van der Waals surface area (Å²) in [6.07, 6.45) is 1.78. The SMILES string of the molecule is O=C(O)C(c1ccccc1)N1C(=O)c2ccc3c4c(ccc(c24)C1=O)CC3. The Balaban J connectivity index is 1.75. The Kier molecular flexibility index (Phi) is 3.22. The lowest BCUT2D eigenvalue weighted by Gasteiger charge is -2.32. The molecule has 1 aliphatic carbocycles. The topological polar surface area (TPSA) is 74.7 Å². The van der Waals surface area contributed by atoms with Gasteiger partial charge >= 0.3 is 5.97 Å². The molecule has 3 aromatic carbocycles. The van der Waals surface area contributed by atoms with E-state index >= 15 is 0 Å². The summed E-state index contributed by atoms with van der Waals surface area (Å²) in [5.74, 6) is -2.35. The first-order valence-electron chi connectivity index (χ1n) is 8.81. The van der Waals surface area contributed by atoms with Crippen LogP contribution in [-0.4, -0.2) is 27.8 Å². The van der Waals surface area contributed by atoms with Crippen molar-refractivity contribution in [1.82, 2.24) is 4.90 Å². The fourth-order valence-corrected chi connectivity index (χ4v) is 4.31. The van der Waals surface area contributed by atoms with E-state index in [2.05, 4.69) is 0 Å². The lowest BCUT2D eigenvalue weighted by atomic mass is 9.89. The summed E-state index contributed by atoms with van der Waals surface area (Å²) in [5.41, 5.74) is 3.46. The zero-order valence-electron chi connectivity index (χ0n) is 14.3. The molecule has 0 saturated heterocycles. The van der Waals surface area contributed by atoms with Crippen LogP contribution >= 0.6 is 0 Å². The molecule has 1 N–H and O–H groups in total. The molecular formula is C22H15NO4. The van der Waals surface area contributed by atoms with Crippen LogP contribution in [-0.2, 0) is 17.6 Å². The third-order valence-electron chi connectivity index (χ3n) is 5.50. The van der Waals surface area contributed by atoms with Crippen LogP contribution in [0, 0.1) is 0 Å². The van der Waals surface area contributed by atoms with Gasteiger partial charge in [-0.1, -0.05) is 42.5 Å². The Morgan fingerprint density at radius 3 is 1.89 bits per heavy atom. The summed E-state index contributed by atoms with van der Waals surface area (Å²) >= 11 is 0. The van der Waals surface area contributed by atoms with Gasteiger partial charge in [0.2, 0.25) is 0 Å². The van der Waals surface area contributed by atoms with Gasteiger partial charge in [-0.05, 0) is 47.1 Å². The number of carbonyl (C=O) groups excluding carboxylic acids is 2. The summed E-state index contributed by atoms with van der Waals surface area (Å²) in [6, 6.07) is 14.3. The Labute approximate surface area is 154 Å². The highest BCUT2D eigenvalue weighted by Gasteiger charge is 2.42. The number of benzene rings is 3. The number of imide groups is 1. The molecule has 27 heavy (non-hydrogen) atoms. The quantitative estimate of drug-likeness (QED) is 0.730. The molecule has 2 amide bonds. The minimum atomic E-state index is -1.36. The predicted octanol–water partition coefficient (Wildman–Crippen LogP) is 3.36. The second kappa shape index (κ2) is 5.51. The molecule has 1 atom stereocenters. The van der Waals surface area contributed by atoms with Crippen LogP contribution in [0.5, 0.6) is 0 Å². The van der Waals surface area contributed by atoms with E-state index < -0.39 is 23.8 Å². The van der Waals surface area contributed by atoms with Crippen molar-refractivity contribution in [3.05, 3.63) is 82.4 Å².